The highest BCUT2D eigenvalue weighted by atomic mass is 16.5. The highest BCUT2D eigenvalue weighted by Gasteiger charge is 2.52. The second kappa shape index (κ2) is 9.33. The summed E-state index contributed by atoms with van der Waals surface area (Å²) >= 11 is 0. The number of carbonyl (C=O) groups excluding carboxylic acids is 2. The Morgan fingerprint density at radius 2 is 1.91 bits per heavy atom. The summed E-state index contributed by atoms with van der Waals surface area (Å²) in [6, 6.07) is 11.5. The smallest absolute Gasteiger partial charge is 0.255 e. The number of hydrogen-bond donors (Lipinski definition) is 1. The number of amides is 2. The van der Waals surface area contributed by atoms with Crippen LogP contribution in [-0.4, -0.2) is 77.1 Å². The van der Waals surface area contributed by atoms with Crippen LogP contribution in [0, 0.1) is 0 Å². The summed E-state index contributed by atoms with van der Waals surface area (Å²) in [6.45, 7) is 2.07. The van der Waals surface area contributed by atoms with Crippen LogP contribution in [0.5, 0.6) is 0 Å². The first-order valence-corrected chi connectivity index (χ1v) is 11.4. The number of hydrogen-bond acceptors (Lipinski definition) is 5. The lowest BCUT2D eigenvalue weighted by Gasteiger charge is -2.52. The highest BCUT2D eigenvalue weighted by molar-refractivity contribution is 5.98. The Morgan fingerprint density at radius 3 is 2.67 bits per heavy atom. The fraction of sp³-hybridized carbons (Fsp3) is 0.400. The fourth-order valence-corrected chi connectivity index (χ4v) is 4.92. The molecule has 2 fully saturated rings. The number of benzene rings is 1. The van der Waals surface area contributed by atoms with E-state index in [2.05, 4.69) is 9.97 Å². The molecule has 8 nitrogen and oxygen atoms in total. The minimum absolute atomic E-state index is 0.00982. The molecular formula is C25H28N4O4. The van der Waals surface area contributed by atoms with Gasteiger partial charge in [0, 0.05) is 61.3 Å². The topological polar surface area (TPSA) is 87.8 Å². The quantitative estimate of drug-likeness (QED) is 0.444. The molecule has 172 valence electrons. The van der Waals surface area contributed by atoms with Gasteiger partial charge in [-0.15, -0.1) is 0 Å². The predicted octanol–water partition coefficient (Wildman–Crippen LogP) is 2.78. The van der Waals surface area contributed by atoms with E-state index in [4.69, 9.17) is 9.47 Å². The Hall–Kier alpha value is -3.23. The Morgan fingerprint density at radius 1 is 1.12 bits per heavy atom. The monoisotopic (exact) mass is 448 g/mol. The maximum Gasteiger partial charge on any atom is 0.255 e. The second-order valence-corrected chi connectivity index (χ2v) is 8.56. The van der Waals surface area contributed by atoms with Gasteiger partial charge in [0.15, 0.2) is 6.10 Å². The van der Waals surface area contributed by atoms with Crippen LogP contribution >= 0.6 is 0 Å². The second-order valence-electron chi connectivity index (χ2n) is 8.56. The molecule has 1 N–H and O–H groups in total. The van der Waals surface area contributed by atoms with E-state index < -0.39 is 6.10 Å². The molecule has 0 spiro atoms. The van der Waals surface area contributed by atoms with E-state index in [0.717, 1.165) is 29.3 Å². The van der Waals surface area contributed by atoms with Crippen molar-refractivity contribution in [1.82, 2.24) is 19.8 Å². The molecule has 1 aromatic carbocycles. The molecular weight excluding hydrogens is 420 g/mol. The SMILES string of the molecule is COCCO[C@H]1C(=O)N(C2CCN(C(=O)c3ccc4[nH]ccc4c3)CC2)[C@H]1c1ccncc1. The minimum Gasteiger partial charge on any atom is -0.382 e. The van der Waals surface area contributed by atoms with Gasteiger partial charge in [0.2, 0.25) is 0 Å². The van der Waals surface area contributed by atoms with Gasteiger partial charge in [0.25, 0.3) is 11.8 Å². The Balaban J connectivity index is 1.26. The number of likely N-dealkylation sites (tertiary alicyclic amines) is 2. The minimum atomic E-state index is -0.504. The van der Waals surface area contributed by atoms with E-state index in [1.54, 1.807) is 19.5 Å². The van der Waals surface area contributed by atoms with Gasteiger partial charge >= 0.3 is 0 Å². The predicted molar refractivity (Wildman–Crippen MR) is 123 cm³/mol. The third-order valence-corrected chi connectivity index (χ3v) is 6.66. The molecule has 2 aliphatic heterocycles. The zero-order valence-corrected chi connectivity index (χ0v) is 18.6. The number of rotatable bonds is 7. The van der Waals surface area contributed by atoms with Crippen LogP contribution in [0.15, 0.2) is 55.0 Å². The maximum absolute atomic E-state index is 13.1. The molecule has 33 heavy (non-hydrogen) atoms. The zero-order chi connectivity index (χ0) is 22.8. The van der Waals surface area contributed by atoms with Crippen LogP contribution < -0.4 is 0 Å². The molecule has 0 radical (unpaired) electrons. The van der Waals surface area contributed by atoms with Crippen LogP contribution in [0.1, 0.15) is 34.8 Å². The van der Waals surface area contributed by atoms with Crippen LogP contribution in [-0.2, 0) is 14.3 Å². The zero-order valence-electron chi connectivity index (χ0n) is 18.6. The van der Waals surface area contributed by atoms with Crippen LogP contribution in [0.4, 0.5) is 0 Å². The molecule has 3 aromatic rings. The summed E-state index contributed by atoms with van der Waals surface area (Å²) in [6.07, 6.45) is 6.35. The van der Waals surface area contributed by atoms with Crippen LogP contribution in [0.3, 0.4) is 0 Å². The maximum atomic E-state index is 13.1. The van der Waals surface area contributed by atoms with Gasteiger partial charge in [0.05, 0.1) is 19.3 Å². The molecule has 2 atom stereocenters. The lowest BCUT2D eigenvalue weighted by molar-refractivity contribution is -0.183. The largest absolute Gasteiger partial charge is 0.382 e. The summed E-state index contributed by atoms with van der Waals surface area (Å²) in [5.41, 5.74) is 2.73. The van der Waals surface area contributed by atoms with Crippen LogP contribution in [0.25, 0.3) is 10.9 Å². The summed E-state index contributed by atoms with van der Waals surface area (Å²) in [7, 11) is 1.62. The lowest BCUT2D eigenvalue weighted by Crippen LogP contribution is -2.65. The van der Waals surface area contributed by atoms with Crippen molar-refractivity contribution in [2.24, 2.45) is 0 Å². The standard InChI is InChI=1S/C25H28N4O4/c1-32-14-15-33-23-22(17-4-9-26-10-5-17)29(25(23)31)20-7-12-28(13-8-20)24(30)19-2-3-21-18(16-19)6-11-27-21/h2-6,9-11,16,20,22-23,27H,7-8,12-15H2,1H3/t22-,23+/m0/s1. The summed E-state index contributed by atoms with van der Waals surface area (Å²) in [5.74, 6) is 0.0496. The van der Waals surface area contributed by atoms with Crippen molar-refractivity contribution < 1.29 is 19.1 Å². The highest BCUT2D eigenvalue weighted by Crippen LogP contribution is 2.41. The molecule has 5 rings (SSSR count). The van der Waals surface area contributed by atoms with Crippen molar-refractivity contribution in [3.05, 3.63) is 66.1 Å². The van der Waals surface area contributed by atoms with Gasteiger partial charge in [-0.25, -0.2) is 0 Å². The Labute approximate surface area is 192 Å². The summed E-state index contributed by atoms with van der Waals surface area (Å²) in [4.78, 5) is 37.2. The van der Waals surface area contributed by atoms with E-state index in [-0.39, 0.29) is 23.9 Å². The van der Waals surface area contributed by atoms with Gasteiger partial charge in [-0.2, -0.15) is 0 Å². The number of ether oxygens (including phenoxy) is 2. The molecule has 8 heteroatoms. The van der Waals surface area contributed by atoms with Crippen LogP contribution in [0.2, 0.25) is 0 Å². The van der Waals surface area contributed by atoms with E-state index in [1.165, 1.54) is 0 Å². The number of carbonyl (C=O) groups is 2. The average molecular weight is 449 g/mol. The molecule has 2 aliphatic rings. The fourth-order valence-electron chi connectivity index (χ4n) is 4.92. The van der Waals surface area contributed by atoms with Gasteiger partial charge in [0.1, 0.15) is 0 Å². The molecule has 2 amide bonds. The molecule has 4 heterocycles. The molecule has 0 aliphatic carbocycles. The number of piperidine rings is 1. The lowest BCUT2D eigenvalue weighted by atomic mass is 9.86. The van der Waals surface area contributed by atoms with Crippen molar-refractivity contribution in [2.75, 3.05) is 33.4 Å². The third-order valence-electron chi connectivity index (χ3n) is 6.66. The Kier molecular flexibility index (Phi) is 6.11. The number of fused-ring (bicyclic) bond motifs is 1. The van der Waals surface area contributed by atoms with E-state index >= 15 is 0 Å². The van der Waals surface area contributed by atoms with Crippen molar-refractivity contribution in [3.8, 4) is 0 Å². The Bertz CT molecular complexity index is 1120. The summed E-state index contributed by atoms with van der Waals surface area (Å²) in [5, 5.41) is 1.03. The van der Waals surface area contributed by atoms with Gasteiger partial charge in [-0.1, -0.05) is 0 Å². The van der Waals surface area contributed by atoms with Gasteiger partial charge in [-0.3, -0.25) is 14.6 Å². The number of nitrogens with one attached hydrogen (secondary N) is 1. The van der Waals surface area contributed by atoms with Crippen molar-refractivity contribution >= 4 is 22.7 Å². The number of nitrogens with zero attached hydrogens (tertiary/aromatic N) is 3. The van der Waals surface area contributed by atoms with Gasteiger partial charge in [-0.05, 0) is 54.8 Å². The number of H-pyrrole nitrogens is 1. The number of methoxy groups -OCH3 is 1. The van der Waals surface area contributed by atoms with Crippen molar-refractivity contribution in [3.63, 3.8) is 0 Å². The molecule has 0 unspecified atom stereocenters. The number of aromatic amines is 1. The molecule has 2 saturated heterocycles. The van der Waals surface area contributed by atoms with E-state index in [9.17, 15) is 9.59 Å². The third kappa shape index (κ3) is 4.12. The van der Waals surface area contributed by atoms with Crippen molar-refractivity contribution in [2.45, 2.75) is 31.0 Å². The first kappa shape index (κ1) is 21.6. The van der Waals surface area contributed by atoms with E-state index in [1.807, 2.05) is 52.4 Å². The number of pyridine rings is 1. The first-order valence-electron chi connectivity index (χ1n) is 11.4. The molecule has 0 bridgehead atoms. The molecule has 2 aromatic heterocycles. The average Bonchev–Trinajstić information content (AvgIpc) is 3.33. The first-order chi connectivity index (χ1) is 16.2. The van der Waals surface area contributed by atoms with E-state index in [0.29, 0.717) is 31.9 Å². The number of aromatic nitrogens is 2. The summed E-state index contributed by atoms with van der Waals surface area (Å²) < 4.78 is 10.9. The number of β-lactam (4-membered cyclic amide) rings is 1. The van der Waals surface area contributed by atoms with Crippen molar-refractivity contribution in [1.29, 1.82) is 0 Å². The molecule has 0 saturated carbocycles. The normalized spacial score (nSPS) is 21.4. The van der Waals surface area contributed by atoms with Gasteiger partial charge < -0.3 is 24.3 Å².